The van der Waals surface area contributed by atoms with E-state index >= 15 is 0 Å². The maximum Gasteiger partial charge on any atom is 0.306 e. The summed E-state index contributed by atoms with van der Waals surface area (Å²) in [7, 11) is 0. The summed E-state index contributed by atoms with van der Waals surface area (Å²) in [6.45, 7) is 6.30. The Morgan fingerprint density at radius 2 is 0.688 bits per heavy atom. The quantitative estimate of drug-likeness (QED) is 0.0199. The van der Waals surface area contributed by atoms with Crippen LogP contribution in [0, 0.1) is 0 Å². The molecule has 0 aromatic heterocycles. The van der Waals surface area contributed by atoms with Gasteiger partial charge in [0.1, 0.15) is 13.2 Å². The van der Waals surface area contributed by atoms with Crippen molar-refractivity contribution < 1.29 is 28.6 Å². The van der Waals surface area contributed by atoms with Gasteiger partial charge in [-0.05, 0) is 103 Å². The van der Waals surface area contributed by atoms with Crippen molar-refractivity contribution in [1.29, 1.82) is 0 Å². The molecule has 362 valence electrons. The fraction of sp³-hybridized carbons (Fsp3) is 0.638. The Kier molecular flexibility index (Phi) is 48.5. The molecule has 6 heteroatoms. The fourth-order valence-corrected chi connectivity index (χ4v) is 6.73. The molecule has 0 aromatic carbocycles. The van der Waals surface area contributed by atoms with Crippen molar-refractivity contribution >= 4 is 17.9 Å². The molecule has 1 atom stereocenters. The van der Waals surface area contributed by atoms with E-state index < -0.39 is 6.10 Å². The van der Waals surface area contributed by atoms with Crippen molar-refractivity contribution in [2.45, 2.75) is 226 Å². The Morgan fingerprint density at radius 1 is 0.344 bits per heavy atom. The second-order valence-electron chi connectivity index (χ2n) is 16.8. The van der Waals surface area contributed by atoms with Crippen LogP contribution in [0.3, 0.4) is 0 Å². The minimum atomic E-state index is -0.814. The molecule has 0 heterocycles. The van der Waals surface area contributed by atoms with Gasteiger partial charge in [0.2, 0.25) is 0 Å². The van der Waals surface area contributed by atoms with E-state index in [0.717, 1.165) is 96.3 Å². The summed E-state index contributed by atoms with van der Waals surface area (Å²) in [4.78, 5) is 38.0. The summed E-state index contributed by atoms with van der Waals surface area (Å²) in [5.41, 5.74) is 0. The summed E-state index contributed by atoms with van der Waals surface area (Å²) in [5, 5.41) is 0. The van der Waals surface area contributed by atoms with Gasteiger partial charge in [-0.15, -0.1) is 0 Å². The van der Waals surface area contributed by atoms with Gasteiger partial charge in [0.05, 0.1) is 0 Å². The minimum absolute atomic E-state index is 0.108. The Labute approximate surface area is 393 Å². The Morgan fingerprint density at radius 3 is 1.17 bits per heavy atom. The van der Waals surface area contributed by atoms with Gasteiger partial charge in [-0.3, -0.25) is 14.4 Å². The van der Waals surface area contributed by atoms with Crippen molar-refractivity contribution in [3.63, 3.8) is 0 Å². The molecule has 0 rings (SSSR count). The summed E-state index contributed by atoms with van der Waals surface area (Å²) in [6, 6.07) is 0. The summed E-state index contributed by atoms with van der Waals surface area (Å²) in [5.74, 6) is -0.990. The van der Waals surface area contributed by atoms with Crippen LogP contribution >= 0.6 is 0 Å². The molecular formula is C58H94O6. The second kappa shape index (κ2) is 51.7. The average molecular weight is 887 g/mol. The molecule has 0 radical (unpaired) electrons. The van der Waals surface area contributed by atoms with Gasteiger partial charge in [0.25, 0.3) is 0 Å². The lowest BCUT2D eigenvalue weighted by molar-refractivity contribution is -0.167. The molecular weight excluding hydrogens is 793 g/mol. The molecule has 0 aliphatic carbocycles. The van der Waals surface area contributed by atoms with E-state index in [4.69, 9.17) is 14.2 Å². The van der Waals surface area contributed by atoms with Gasteiger partial charge < -0.3 is 14.2 Å². The van der Waals surface area contributed by atoms with E-state index in [0.29, 0.717) is 19.3 Å². The van der Waals surface area contributed by atoms with Crippen molar-refractivity contribution in [2.75, 3.05) is 13.2 Å². The first-order valence-corrected chi connectivity index (χ1v) is 25.9. The maximum absolute atomic E-state index is 12.8. The number of esters is 3. The first-order valence-electron chi connectivity index (χ1n) is 25.9. The van der Waals surface area contributed by atoms with Gasteiger partial charge >= 0.3 is 17.9 Å². The summed E-state index contributed by atoms with van der Waals surface area (Å²) >= 11 is 0. The number of hydrogen-bond acceptors (Lipinski definition) is 6. The van der Waals surface area contributed by atoms with Crippen LogP contribution in [0.15, 0.2) is 109 Å². The van der Waals surface area contributed by atoms with Crippen LogP contribution in [0.1, 0.15) is 220 Å². The SMILES string of the molecule is CC\C=C/C=C\C=C/C=C\CCCCCC(=O)OCC(COC(=O)CCCCCCCCC/C=C\CCCCCCCC)OC(=O)CCCCC/C=C\C/C=C\C/C=C\C/C=C\CC. The van der Waals surface area contributed by atoms with Crippen molar-refractivity contribution in [1.82, 2.24) is 0 Å². The van der Waals surface area contributed by atoms with E-state index in [1.165, 1.54) is 77.0 Å². The summed E-state index contributed by atoms with van der Waals surface area (Å²) < 4.78 is 16.7. The van der Waals surface area contributed by atoms with Gasteiger partial charge in [-0.1, -0.05) is 207 Å². The van der Waals surface area contributed by atoms with E-state index in [2.05, 4.69) is 93.7 Å². The molecule has 0 aliphatic rings. The topological polar surface area (TPSA) is 78.9 Å². The molecule has 0 aromatic rings. The first-order chi connectivity index (χ1) is 31.5. The molecule has 0 fully saturated rings. The average Bonchev–Trinajstić information content (AvgIpc) is 3.29. The lowest BCUT2D eigenvalue weighted by atomic mass is 10.1. The van der Waals surface area contributed by atoms with Crippen LogP contribution in [-0.2, 0) is 28.6 Å². The normalized spacial score (nSPS) is 13.0. The lowest BCUT2D eigenvalue weighted by Crippen LogP contribution is -2.30. The molecule has 64 heavy (non-hydrogen) atoms. The van der Waals surface area contributed by atoms with Crippen LogP contribution in [0.2, 0.25) is 0 Å². The largest absolute Gasteiger partial charge is 0.462 e. The van der Waals surface area contributed by atoms with Gasteiger partial charge in [-0.2, -0.15) is 0 Å². The van der Waals surface area contributed by atoms with Crippen LogP contribution < -0.4 is 0 Å². The highest BCUT2D eigenvalue weighted by Crippen LogP contribution is 2.13. The molecule has 0 amide bonds. The highest BCUT2D eigenvalue weighted by atomic mass is 16.6. The molecule has 0 saturated carbocycles. The Balaban J connectivity index is 4.50. The molecule has 0 saturated heterocycles. The number of unbranched alkanes of at least 4 members (excludes halogenated alkanes) is 19. The highest BCUT2D eigenvalue weighted by Gasteiger charge is 2.19. The third kappa shape index (κ3) is 49.1. The minimum Gasteiger partial charge on any atom is -0.462 e. The van der Waals surface area contributed by atoms with E-state index in [9.17, 15) is 14.4 Å². The number of rotatable bonds is 45. The smallest absolute Gasteiger partial charge is 0.306 e. The lowest BCUT2D eigenvalue weighted by Gasteiger charge is -2.18. The van der Waals surface area contributed by atoms with Crippen LogP contribution in [0.25, 0.3) is 0 Å². The van der Waals surface area contributed by atoms with Crippen LogP contribution in [0.5, 0.6) is 0 Å². The third-order valence-electron chi connectivity index (χ3n) is 10.6. The molecule has 0 spiro atoms. The predicted octanol–water partition coefficient (Wildman–Crippen LogP) is 17.1. The molecule has 0 aliphatic heterocycles. The molecule has 0 bridgehead atoms. The van der Waals surface area contributed by atoms with Gasteiger partial charge in [0.15, 0.2) is 6.10 Å². The van der Waals surface area contributed by atoms with Crippen molar-refractivity contribution in [2.24, 2.45) is 0 Å². The van der Waals surface area contributed by atoms with E-state index in [-0.39, 0.29) is 37.5 Å². The maximum atomic E-state index is 12.8. The Bertz CT molecular complexity index is 1340. The second-order valence-corrected chi connectivity index (χ2v) is 16.8. The zero-order valence-corrected chi connectivity index (χ0v) is 41.3. The number of carbonyl (C=O) groups is 3. The van der Waals surface area contributed by atoms with Gasteiger partial charge in [-0.25, -0.2) is 0 Å². The molecule has 6 nitrogen and oxygen atoms in total. The highest BCUT2D eigenvalue weighted by molar-refractivity contribution is 5.71. The van der Waals surface area contributed by atoms with E-state index in [1.807, 2.05) is 36.5 Å². The number of carbonyl (C=O) groups excluding carboxylic acids is 3. The fourth-order valence-electron chi connectivity index (χ4n) is 6.73. The molecule has 1 unspecified atom stereocenters. The standard InChI is InChI=1S/C58H94O6/c1-4-7-10-13-16-19-22-25-27-29-31-33-36-39-42-45-48-51-57(60)63-54-55(53-62-56(59)50-47-44-41-38-35-32-24-21-18-15-12-9-6-3)64-58(61)52-49-46-43-40-37-34-30-28-26-23-20-17-14-11-8-5-2/h8-9,11-12,15,17-18,20-21,24-28,32,34-35,37,55H,4-7,10,13-14,16,19,22-23,29-31,33,36,38-54H2,1-3H3/b11-8-,12-9-,18-15-,20-17-,24-21-,27-25-,28-26-,35-32-,37-34-. The number of allylic oxidation sites excluding steroid dienone is 18. The number of hydrogen-bond donors (Lipinski definition) is 0. The monoisotopic (exact) mass is 887 g/mol. The Hall–Kier alpha value is -3.93. The van der Waals surface area contributed by atoms with Crippen LogP contribution in [-0.4, -0.2) is 37.2 Å². The van der Waals surface area contributed by atoms with Crippen LogP contribution in [0.4, 0.5) is 0 Å². The third-order valence-corrected chi connectivity index (χ3v) is 10.6. The van der Waals surface area contributed by atoms with E-state index in [1.54, 1.807) is 0 Å². The number of ether oxygens (including phenoxy) is 3. The van der Waals surface area contributed by atoms with Crippen molar-refractivity contribution in [3.05, 3.63) is 109 Å². The van der Waals surface area contributed by atoms with Gasteiger partial charge in [0, 0.05) is 19.3 Å². The predicted molar refractivity (Wildman–Crippen MR) is 274 cm³/mol. The zero-order valence-electron chi connectivity index (χ0n) is 41.3. The summed E-state index contributed by atoms with van der Waals surface area (Å²) in [6.07, 6.45) is 69.3. The molecule has 0 N–H and O–H groups in total. The first kappa shape index (κ1) is 60.1. The van der Waals surface area contributed by atoms with Crippen molar-refractivity contribution in [3.8, 4) is 0 Å². The zero-order chi connectivity index (χ0) is 46.5.